The van der Waals surface area contributed by atoms with Crippen molar-refractivity contribution in [2.75, 3.05) is 35.3 Å². The molecule has 0 saturated carbocycles. The highest BCUT2D eigenvalue weighted by atomic mass is 79.9. The molecule has 1 atom stereocenters. The van der Waals surface area contributed by atoms with Gasteiger partial charge in [0.05, 0.1) is 12.3 Å². The number of hydrogen-bond acceptors (Lipinski definition) is 4. The van der Waals surface area contributed by atoms with Crippen LogP contribution >= 0.6 is 15.9 Å². The summed E-state index contributed by atoms with van der Waals surface area (Å²) in [5.41, 5.74) is 1.96. The van der Waals surface area contributed by atoms with Gasteiger partial charge < -0.3 is 15.0 Å². The minimum absolute atomic E-state index is 0.215. The van der Waals surface area contributed by atoms with Crippen LogP contribution in [-0.4, -0.2) is 38.1 Å². The first-order valence-corrected chi connectivity index (χ1v) is 10.1. The summed E-state index contributed by atoms with van der Waals surface area (Å²) >= 11 is 3.45. The fraction of sp³-hybridized carbons (Fsp3) is 0.286. The Balaban J connectivity index is 1.64. The number of rotatable bonds is 5. The highest BCUT2D eigenvalue weighted by Gasteiger charge is 2.38. The molecular formula is C21H22BrN3O4. The van der Waals surface area contributed by atoms with Crippen molar-refractivity contribution in [2.24, 2.45) is 5.92 Å². The molecule has 0 aliphatic carbocycles. The summed E-state index contributed by atoms with van der Waals surface area (Å²) in [6, 6.07) is 14.2. The summed E-state index contributed by atoms with van der Waals surface area (Å²) in [6.45, 7) is 2.53. The molecule has 8 heteroatoms. The van der Waals surface area contributed by atoms with E-state index >= 15 is 0 Å². The molecule has 2 aromatic carbocycles. The second kappa shape index (κ2) is 9.09. The standard InChI is InChI=1S/C21H22BrN3O4/c1-3-29-21(28)24(2)15-10-8-14(9-11-15)23-19(26)16-12-13-25(20(16)27)18-7-5-4-6-17(18)22/h4-11,16H,3,12-13H2,1-2H3,(H,23,26). The van der Waals surface area contributed by atoms with Crippen molar-refractivity contribution in [3.63, 3.8) is 0 Å². The summed E-state index contributed by atoms with van der Waals surface area (Å²) in [6.07, 6.45) is 0.00312. The number of ether oxygens (including phenoxy) is 1. The quantitative estimate of drug-likeness (QED) is 0.684. The molecule has 0 aromatic heterocycles. The van der Waals surface area contributed by atoms with Crippen molar-refractivity contribution in [1.82, 2.24) is 0 Å². The summed E-state index contributed by atoms with van der Waals surface area (Å²) in [5, 5.41) is 2.79. The first kappa shape index (κ1) is 20.9. The Bertz CT molecular complexity index is 916. The Morgan fingerprint density at radius 1 is 1.21 bits per heavy atom. The van der Waals surface area contributed by atoms with Gasteiger partial charge in [0.1, 0.15) is 5.92 Å². The normalized spacial score (nSPS) is 15.9. The number of hydrogen-bond donors (Lipinski definition) is 1. The van der Waals surface area contributed by atoms with Gasteiger partial charge in [0.25, 0.3) is 0 Å². The van der Waals surface area contributed by atoms with Crippen LogP contribution in [0.5, 0.6) is 0 Å². The maximum atomic E-state index is 12.8. The smallest absolute Gasteiger partial charge is 0.413 e. The Hall–Kier alpha value is -2.87. The van der Waals surface area contributed by atoms with Crippen LogP contribution in [-0.2, 0) is 14.3 Å². The van der Waals surface area contributed by atoms with E-state index in [1.165, 1.54) is 4.90 Å². The number of carbonyl (C=O) groups excluding carboxylic acids is 3. The summed E-state index contributed by atoms with van der Waals surface area (Å²) in [5.74, 6) is -1.28. The molecule has 0 bridgehead atoms. The second-order valence-corrected chi connectivity index (χ2v) is 7.43. The van der Waals surface area contributed by atoms with E-state index in [9.17, 15) is 14.4 Å². The van der Waals surface area contributed by atoms with Crippen LogP contribution < -0.4 is 15.1 Å². The molecule has 1 aliphatic heterocycles. The van der Waals surface area contributed by atoms with E-state index in [1.54, 1.807) is 43.1 Å². The van der Waals surface area contributed by atoms with Crippen LogP contribution in [0, 0.1) is 5.92 Å². The van der Waals surface area contributed by atoms with Crippen molar-refractivity contribution in [1.29, 1.82) is 0 Å². The van der Waals surface area contributed by atoms with Gasteiger partial charge in [-0.2, -0.15) is 0 Å². The minimum atomic E-state index is -0.732. The summed E-state index contributed by atoms with van der Waals surface area (Å²) in [7, 11) is 1.61. The van der Waals surface area contributed by atoms with Gasteiger partial charge in [0.15, 0.2) is 0 Å². The van der Waals surface area contributed by atoms with Crippen LogP contribution in [0.4, 0.5) is 21.9 Å². The van der Waals surface area contributed by atoms with Crippen molar-refractivity contribution in [2.45, 2.75) is 13.3 Å². The maximum Gasteiger partial charge on any atom is 0.413 e. The molecule has 1 saturated heterocycles. The highest BCUT2D eigenvalue weighted by molar-refractivity contribution is 9.10. The Morgan fingerprint density at radius 2 is 1.90 bits per heavy atom. The zero-order chi connectivity index (χ0) is 21.0. The van der Waals surface area contributed by atoms with E-state index in [0.717, 1.165) is 10.2 Å². The fourth-order valence-electron chi connectivity index (χ4n) is 3.16. The van der Waals surface area contributed by atoms with E-state index in [4.69, 9.17) is 4.74 Å². The van der Waals surface area contributed by atoms with E-state index in [2.05, 4.69) is 21.2 Å². The van der Waals surface area contributed by atoms with Gasteiger partial charge in [-0.15, -0.1) is 0 Å². The van der Waals surface area contributed by atoms with E-state index in [1.807, 2.05) is 24.3 Å². The summed E-state index contributed by atoms with van der Waals surface area (Å²) < 4.78 is 5.77. The third-order valence-electron chi connectivity index (χ3n) is 4.73. The lowest BCUT2D eigenvalue weighted by molar-refractivity contribution is -0.129. The van der Waals surface area contributed by atoms with Crippen molar-refractivity contribution >= 4 is 50.9 Å². The van der Waals surface area contributed by atoms with Gasteiger partial charge in [-0.05, 0) is 65.7 Å². The van der Waals surface area contributed by atoms with Gasteiger partial charge in [-0.3, -0.25) is 14.5 Å². The van der Waals surface area contributed by atoms with Gasteiger partial charge in [0, 0.05) is 29.4 Å². The number of benzene rings is 2. The van der Waals surface area contributed by atoms with Crippen LogP contribution in [0.15, 0.2) is 53.0 Å². The monoisotopic (exact) mass is 459 g/mol. The summed E-state index contributed by atoms with van der Waals surface area (Å²) in [4.78, 5) is 40.2. The fourth-order valence-corrected chi connectivity index (χ4v) is 3.66. The van der Waals surface area contributed by atoms with Crippen LogP contribution in [0.25, 0.3) is 0 Å². The molecule has 1 unspecified atom stereocenters. The minimum Gasteiger partial charge on any atom is -0.449 e. The largest absolute Gasteiger partial charge is 0.449 e. The van der Waals surface area contributed by atoms with Crippen LogP contribution in [0.3, 0.4) is 0 Å². The predicted octanol–water partition coefficient (Wildman–Crippen LogP) is 4.03. The molecule has 152 valence electrons. The van der Waals surface area contributed by atoms with Gasteiger partial charge in [-0.25, -0.2) is 4.79 Å². The molecule has 1 fully saturated rings. The maximum absolute atomic E-state index is 12.8. The molecule has 1 heterocycles. The Morgan fingerprint density at radius 3 is 2.55 bits per heavy atom. The molecule has 1 aliphatic rings. The first-order chi connectivity index (χ1) is 13.9. The molecule has 3 rings (SSSR count). The molecule has 0 spiro atoms. The predicted molar refractivity (Wildman–Crippen MR) is 115 cm³/mol. The topological polar surface area (TPSA) is 79.0 Å². The number of para-hydroxylation sites is 1. The number of nitrogens with one attached hydrogen (secondary N) is 1. The molecule has 2 aromatic rings. The Labute approximate surface area is 177 Å². The number of anilines is 3. The third-order valence-corrected chi connectivity index (χ3v) is 5.40. The van der Waals surface area contributed by atoms with Gasteiger partial charge >= 0.3 is 6.09 Å². The lowest BCUT2D eigenvalue weighted by Gasteiger charge is -2.18. The van der Waals surface area contributed by atoms with E-state index in [0.29, 0.717) is 30.9 Å². The lowest BCUT2D eigenvalue weighted by Crippen LogP contribution is -2.33. The average molecular weight is 460 g/mol. The van der Waals surface area contributed by atoms with Crippen LogP contribution in [0.1, 0.15) is 13.3 Å². The molecular weight excluding hydrogens is 438 g/mol. The molecule has 7 nitrogen and oxygen atoms in total. The second-order valence-electron chi connectivity index (χ2n) is 6.58. The van der Waals surface area contributed by atoms with Crippen molar-refractivity contribution < 1.29 is 19.1 Å². The molecule has 29 heavy (non-hydrogen) atoms. The number of nitrogens with zero attached hydrogens (tertiary/aromatic N) is 2. The SMILES string of the molecule is CCOC(=O)N(C)c1ccc(NC(=O)C2CCN(c3ccccc3Br)C2=O)cc1. The molecule has 1 N–H and O–H groups in total. The average Bonchev–Trinajstić information content (AvgIpc) is 3.10. The zero-order valence-corrected chi connectivity index (χ0v) is 17.8. The zero-order valence-electron chi connectivity index (χ0n) is 16.2. The van der Waals surface area contributed by atoms with Crippen LogP contribution in [0.2, 0.25) is 0 Å². The van der Waals surface area contributed by atoms with E-state index < -0.39 is 12.0 Å². The molecule has 0 radical (unpaired) electrons. The highest BCUT2D eigenvalue weighted by Crippen LogP contribution is 2.32. The number of halogens is 1. The number of amides is 3. The lowest BCUT2D eigenvalue weighted by atomic mass is 10.1. The third kappa shape index (κ3) is 4.59. The van der Waals surface area contributed by atoms with Crippen molar-refractivity contribution in [3.8, 4) is 0 Å². The van der Waals surface area contributed by atoms with Crippen molar-refractivity contribution in [3.05, 3.63) is 53.0 Å². The number of carbonyl (C=O) groups is 3. The molecule has 3 amide bonds. The van der Waals surface area contributed by atoms with Gasteiger partial charge in [-0.1, -0.05) is 12.1 Å². The first-order valence-electron chi connectivity index (χ1n) is 9.29. The van der Waals surface area contributed by atoms with Gasteiger partial charge in [0.2, 0.25) is 11.8 Å². The van der Waals surface area contributed by atoms with E-state index in [-0.39, 0.29) is 11.8 Å². The Kier molecular flexibility index (Phi) is 6.53.